The third kappa shape index (κ3) is 5.89. The molecule has 0 aliphatic rings. The molecule has 2 amide bonds. The van der Waals surface area contributed by atoms with Crippen LogP contribution in [0.15, 0.2) is 59.5 Å². The highest BCUT2D eigenvalue weighted by Crippen LogP contribution is 2.34. The van der Waals surface area contributed by atoms with Gasteiger partial charge in [-0.1, -0.05) is 18.2 Å². The van der Waals surface area contributed by atoms with E-state index in [9.17, 15) is 19.5 Å². The Kier molecular flexibility index (Phi) is 7.91. The molecule has 0 fully saturated rings. The van der Waals surface area contributed by atoms with Gasteiger partial charge in [0, 0.05) is 10.6 Å². The summed E-state index contributed by atoms with van der Waals surface area (Å²) in [6, 6.07) is 15.5. The van der Waals surface area contributed by atoms with Gasteiger partial charge in [0.25, 0.3) is 5.91 Å². The number of thioether (sulfide) groups is 1. The SMILES string of the molecule is CCOC(=O)c1c(NC(=O)CSc2ccc(O)cc2)sc(C(=O)Nc2ccccc2)c1C. The number of thiophene rings is 1. The van der Waals surface area contributed by atoms with Crippen molar-refractivity contribution in [1.82, 2.24) is 0 Å². The summed E-state index contributed by atoms with van der Waals surface area (Å²) < 4.78 is 5.14. The van der Waals surface area contributed by atoms with E-state index >= 15 is 0 Å². The number of phenolic OH excluding ortho intramolecular Hbond substituents is 1. The van der Waals surface area contributed by atoms with E-state index in [1.54, 1.807) is 62.4 Å². The zero-order chi connectivity index (χ0) is 23.1. The lowest BCUT2D eigenvalue weighted by atomic mass is 10.1. The van der Waals surface area contributed by atoms with Crippen LogP contribution in [0.5, 0.6) is 5.75 Å². The van der Waals surface area contributed by atoms with Gasteiger partial charge < -0.3 is 20.5 Å². The molecule has 1 heterocycles. The van der Waals surface area contributed by atoms with Crippen molar-refractivity contribution < 1.29 is 24.2 Å². The summed E-state index contributed by atoms with van der Waals surface area (Å²) in [4.78, 5) is 39.0. The molecule has 0 bridgehead atoms. The van der Waals surface area contributed by atoms with E-state index in [-0.39, 0.29) is 40.5 Å². The maximum Gasteiger partial charge on any atom is 0.341 e. The first-order valence-corrected chi connectivity index (χ1v) is 11.6. The molecule has 166 valence electrons. The summed E-state index contributed by atoms with van der Waals surface area (Å²) >= 11 is 2.32. The Morgan fingerprint density at radius 1 is 1.03 bits per heavy atom. The average molecular weight is 471 g/mol. The number of rotatable bonds is 8. The van der Waals surface area contributed by atoms with Gasteiger partial charge >= 0.3 is 5.97 Å². The van der Waals surface area contributed by atoms with Crippen LogP contribution < -0.4 is 10.6 Å². The van der Waals surface area contributed by atoms with E-state index in [0.717, 1.165) is 16.2 Å². The minimum atomic E-state index is -0.596. The smallest absolute Gasteiger partial charge is 0.341 e. The zero-order valence-electron chi connectivity index (χ0n) is 17.5. The predicted octanol–water partition coefficient (Wildman–Crippen LogP) is 4.92. The molecule has 0 aliphatic heterocycles. The Bertz CT molecular complexity index is 1110. The molecule has 0 radical (unpaired) electrons. The molecular formula is C23H22N2O5S2. The first-order chi connectivity index (χ1) is 15.4. The van der Waals surface area contributed by atoms with Gasteiger partial charge in [0.15, 0.2) is 0 Å². The maximum atomic E-state index is 12.8. The van der Waals surface area contributed by atoms with Crippen LogP contribution in [0.3, 0.4) is 0 Å². The molecule has 0 saturated heterocycles. The number of anilines is 2. The van der Waals surface area contributed by atoms with E-state index in [4.69, 9.17) is 4.74 Å². The number of para-hydroxylation sites is 1. The summed E-state index contributed by atoms with van der Waals surface area (Å²) in [6.45, 7) is 3.52. The van der Waals surface area contributed by atoms with Crippen molar-refractivity contribution >= 4 is 51.6 Å². The Morgan fingerprint density at radius 2 is 1.72 bits per heavy atom. The van der Waals surface area contributed by atoms with Gasteiger partial charge in [0.05, 0.1) is 22.8 Å². The van der Waals surface area contributed by atoms with Crippen LogP contribution >= 0.6 is 23.1 Å². The molecule has 0 saturated carbocycles. The van der Waals surface area contributed by atoms with Crippen molar-refractivity contribution in [2.24, 2.45) is 0 Å². The topological polar surface area (TPSA) is 105 Å². The molecule has 32 heavy (non-hydrogen) atoms. The van der Waals surface area contributed by atoms with Gasteiger partial charge in [-0.05, 0) is 55.8 Å². The number of carbonyl (C=O) groups excluding carboxylic acids is 3. The van der Waals surface area contributed by atoms with E-state index < -0.39 is 5.97 Å². The Morgan fingerprint density at radius 3 is 2.38 bits per heavy atom. The largest absolute Gasteiger partial charge is 0.508 e. The van der Waals surface area contributed by atoms with E-state index in [1.807, 2.05) is 6.07 Å². The molecule has 1 aromatic heterocycles. The van der Waals surface area contributed by atoms with Gasteiger partial charge in [0.1, 0.15) is 10.8 Å². The second kappa shape index (κ2) is 10.8. The third-order valence-electron chi connectivity index (χ3n) is 4.32. The molecule has 7 nitrogen and oxygen atoms in total. The highest BCUT2D eigenvalue weighted by molar-refractivity contribution is 8.00. The highest BCUT2D eigenvalue weighted by Gasteiger charge is 2.26. The van der Waals surface area contributed by atoms with E-state index in [2.05, 4.69) is 10.6 Å². The minimum Gasteiger partial charge on any atom is -0.508 e. The number of amides is 2. The van der Waals surface area contributed by atoms with Crippen LogP contribution in [0.2, 0.25) is 0 Å². The van der Waals surface area contributed by atoms with Crippen LogP contribution in [-0.4, -0.2) is 35.2 Å². The van der Waals surface area contributed by atoms with Gasteiger partial charge in [-0.25, -0.2) is 4.79 Å². The van der Waals surface area contributed by atoms with Crippen molar-refractivity contribution in [2.45, 2.75) is 18.7 Å². The second-order valence-electron chi connectivity index (χ2n) is 6.63. The van der Waals surface area contributed by atoms with Gasteiger partial charge in [-0.2, -0.15) is 0 Å². The Balaban J connectivity index is 1.79. The number of aromatic hydroxyl groups is 1. The number of benzene rings is 2. The van der Waals surface area contributed by atoms with Crippen molar-refractivity contribution in [2.75, 3.05) is 23.0 Å². The summed E-state index contributed by atoms with van der Waals surface area (Å²) in [5, 5.41) is 15.2. The van der Waals surface area contributed by atoms with Crippen molar-refractivity contribution in [3.05, 3.63) is 70.6 Å². The van der Waals surface area contributed by atoms with Crippen LogP contribution in [0.4, 0.5) is 10.7 Å². The monoisotopic (exact) mass is 470 g/mol. The maximum absolute atomic E-state index is 12.8. The molecule has 3 rings (SSSR count). The van der Waals surface area contributed by atoms with Crippen molar-refractivity contribution in [3.63, 3.8) is 0 Å². The standard InChI is InChI=1S/C23H22N2O5S2/c1-3-30-23(29)19-14(2)20(21(28)24-15-7-5-4-6-8-15)32-22(19)25-18(27)13-31-17-11-9-16(26)10-12-17/h4-12,26H,3,13H2,1-2H3,(H,24,28)(H,25,27). The zero-order valence-corrected chi connectivity index (χ0v) is 19.1. The number of hydrogen-bond donors (Lipinski definition) is 3. The quantitative estimate of drug-likeness (QED) is 0.319. The number of nitrogens with one attached hydrogen (secondary N) is 2. The van der Waals surface area contributed by atoms with Crippen LogP contribution in [-0.2, 0) is 9.53 Å². The molecule has 2 aromatic carbocycles. The fraction of sp³-hybridized carbons (Fsp3) is 0.174. The number of phenols is 1. The average Bonchev–Trinajstić information content (AvgIpc) is 3.10. The van der Waals surface area contributed by atoms with Crippen molar-refractivity contribution in [3.8, 4) is 5.75 Å². The molecular weight excluding hydrogens is 448 g/mol. The normalized spacial score (nSPS) is 10.4. The highest BCUT2D eigenvalue weighted by atomic mass is 32.2. The predicted molar refractivity (Wildman–Crippen MR) is 127 cm³/mol. The van der Waals surface area contributed by atoms with Gasteiger partial charge in [-0.15, -0.1) is 23.1 Å². The number of carbonyl (C=O) groups is 3. The second-order valence-corrected chi connectivity index (χ2v) is 8.70. The first-order valence-electron chi connectivity index (χ1n) is 9.77. The van der Waals surface area contributed by atoms with Gasteiger partial charge in [-0.3, -0.25) is 9.59 Å². The Labute approximate surface area is 193 Å². The minimum absolute atomic E-state index is 0.0928. The van der Waals surface area contributed by atoms with Gasteiger partial charge in [0.2, 0.25) is 5.91 Å². The first kappa shape index (κ1) is 23.4. The van der Waals surface area contributed by atoms with E-state index in [0.29, 0.717) is 16.1 Å². The van der Waals surface area contributed by atoms with Crippen LogP contribution in [0.1, 0.15) is 32.5 Å². The van der Waals surface area contributed by atoms with Crippen LogP contribution in [0, 0.1) is 6.92 Å². The third-order valence-corrected chi connectivity index (χ3v) is 6.54. The molecule has 3 N–H and O–H groups in total. The summed E-state index contributed by atoms with van der Waals surface area (Å²) in [7, 11) is 0. The molecule has 9 heteroatoms. The fourth-order valence-electron chi connectivity index (χ4n) is 2.83. The molecule has 0 spiro atoms. The summed E-state index contributed by atoms with van der Waals surface area (Å²) in [5.41, 5.74) is 1.25. The van der Waals surface area contributed by atoms with Crippen molar-refractivity contribution in [1.29, 1.82) is 0 Å². The lowest BCUT2D eigenvalue weighted by Crippen LogP contribution is -2.16. The lowest BCUT2D eigenvalue weighted by Gasteiger charge is -2.07. The lowest BCUT2D eigenvalue weighted by molar-refractivity contribution is -0.113. The number of esters is 1. The number of hydrogen-bond acceptors (Lipinski definition) is 7. The number of ether oxygens (including phenoxy) is 1. The molecule has 0 atom stereocenters. The molecule has 3 aromatic rings. The van der Waals surface area contributed by atoms with Crippen LogP contribution in [0.25, 0.3) is 0 Å². The molecule has 0 unspecified atom stereocenters. The fourth-order valence-corrected chi connectivity index (χ4v) is 4.64. The summed E-state index contributed by atoms with van der Waals surface area (Å²) in [6.07, 6.45) is 0. The summed E-state index contributed by atoms with van der Waals surface area (Å²) in [5.74, 6) is -1.06. The molecule has 0 aliphatic carbocycles. The Hall–Kier alpha value is -3.30. The van der Waals surface area contributed by atoms with E-state index in [1.165, 1.54) is 11.8 Å².